The van der Waals surface area contributed by atoms with Gasteiger partial charge in [0.05, 0.1) is 4.92 Å². The summed E-state index contributed by atoms with van der Waals surface area (Å²) in [5, 5.41) is 14.0. The van der Waals surface area contributed by atoms with Crippen molar-refractivity contribution >= 4 is 27.3 Å². The lowest BCUT2D eigenvalue weighted by molar-refractivity contribution is -0.387. The van der Waals surface area contributed by atoms with Gasteiger partial charge in [-0.3, -0.25) is 14.9 Å². The maximum absolute atomic E-state index is 12.9. The number of anilines is 1. The van der Waals surface area contributed by atoms with Crippen molar-refractivity contribution in [1.82, 2.24) is 4.31 Å². The van der Waals surface area contributed by atoms with Gasteiger partial charge in [-0.1, -0.05) is 12.1 Å². The summed E-state index contributed by atoms with van der Waals surface area (Å²) in [7, 11) is -4.03. The molecule has 1 amide bonds. The molecule has 0 aromatic heterocycles. The molecule has 0 aliphatic carbocycles. The molecule has 10 nitrogen and oxygen atoms in total. The molecule has 2 aromatic carbocycles. The summed E-state index contributed by atoms with van der Waals surface area (Å²) < 4.78 is 38.0. The van der Waals surface area contributed by atoms with Crippen LogP contribution in [0.5, 0.6) is 11.5 Å². The number of carbonyl (C=O) groups is 1. The van der Waals surface area contributed by atoms with Crippen LogP contribution in [0.2, 0.25) is 0 Å². The quantitative estimate of drug-likeness (QED) is 0.550. The first-order chi connectivity index (χ1) is 14.9. The van der Waals surface area contributed by atoms with Gasteiger partial charge < -0.3 is 14.8 Å². The molecule has 31 heavy (non-hydrogen) atoms. The van der Waals surface area contributed by atoms with Crippen LogP contribution in [0.15, 0.2) is 47.4 Å². The average Bonchev–Trinajstić information content (AvgIpc) is 2.79. The predicted molar refractivity (Wildman–Crippen MR) is 111 cm³/mol. The minimum atomic E-state index is -4.03. The third-order valence-electron chi connectivity index (χ3n) is 5.31. The number of carbonyl (C=O) groups excluding carboxylic acids is 1. The number of hydrogen-bond acceptors (Lipinski definition) is 7. The van der Waals surface area contributed by atoms with Crippen LogP contribution in [-0.4, -0.2) is 49.9 Å². The number of rotatable bonds is 5. The van der Waals surface area contributed by atoms with Crippen molar-refractivity contribution in [3.63, 3.8) is 0 Å². The molecule has 0 spiro atoms. The number of nitro groups is 1. The highest BCUT2D eigenvalue weighted by atomic mass is 32.2. The molecule has 0 radical (unpaired) electrons. The zero-order valence-electron chi connectivity index (χ0n) is 16.5. The standard InChI is InChI=1S/C20H21N3O7S/c24-20(21-15-5-6-17-18(13-15)30-12-11-29-17)14-7-9-22(10-8-14)31(27,28)19-4-2-1-3-16(19)23(25)26/h1-6,13-14H,7-12H2,(H,21,24). The van der Waals surface area contributed by atoms with E-state index in [-0.39, 0.29) is 29.8 Å². The largest absolute Gasteiger partial charge is 0.486 e. The Hall–Kier alpha value is -3.18. The van der Waals surface area contributed by atoms with Crippen molar-refractivity contribution in [2.75, 3.05) is 31.6 Å². The van der Waals surface area contributed by atoms with Gasteiger partial charge in [-0.25, -0.2) is 8.42 Å². The summed E-state index contributed by atoms with van der Waals surface area (Å²) >= 11 is 0. The molecule has 2 aromatic rings. The highest BCUT2D eigenvalue weighted by Crippen LogP contribution is 2.33. The average molecular weight is 447 g/mol. The number of benzene rings is 2. The minimum Gasteiger partial charge on any atom is -0.486 e. The fourth-order valence-electron chi connectivity index (χ4n) is 3.69. The zero-order valence-corrected chi connectivity index (χ0v) is 17.3. The highest BCUT2D eigenvalue weighted by molar-refractivity contribution is 7.89. The van der Waals surface area contributed by atoms with Gasteiger partial charge in [-0.05, 0) is 31.0 Å². The maximum Gasteiger partial charge on any atom is 0.289 e. The molecule has 0 atom stereocenters. The number of para-hydroxylation sites is 1. The normalized spacial score (nSPS) is 17.2. The molecule has 1 saturated heterocycles. The number of nitrogens with zero attached hydrogens (tertiary/aromatic N) is 2. The van der Waals surface area contributed by atoms with E-state index in [2.05, 4.69) is 5.32 Å². The summed E-state index contributed by atoms with van der Waals surface area (Å²) in [5.74, 6) is 0.608. The molecular formula is C20H21N3O7S. The summed E-state index contributed by atoms with van der Waals surface area (Å²) in [5.41, 5.74) is 0.116. The number of fused-ring (bicyclic) bond motifs is 1. The highest BCUT2D eigenvalue weighted by Gasteiger charge is 2.35. The molecule has 1 fully saturated rings. The lowest BCUT2D eigenvalue weighted by Gasteiger charge is -2.30. The zero-order chi connectivity index (χ0) is 22.0. The van der Waals surface area contributed by atoms with Crippen LogP contribution in [0.25, 0.3) is 0 Å². The molecular weight excluding hydrogens is 426 g/mol. The van der Waals surface area contributed by atoms with E-state index < -0.39 is 20.6 Å². The predicted octanol–water partition coefficient (Wildman–Crippen LogP) is 2.41. The van der Waals surface area contributed by atoms with Gasteiger partial charge in [0.25, 0.3) is 5.69 Å². The van der Waals surface area contributed by atoms with Crippen LogP contribution >= 0.6 is 0 Å². The second-order valence-electron chi connectivity index (χ2n) is 7.25. The van der Waals surface area contributed by atoms with E-state index in [1.807, 2.05) is 0 Å². The van der Waals surface area contributed by atoms with Gasteiger partial charge in [-0.2, -0.15) is 4.31 Å². The Labute approximate surface area is 179 Å². The number of ether oxygens (including phenoxy) is 2. The molecule has 0 unspecified atom stereocenters. The number of piperidine rings is 1. The van der Waals surface area contributed by atoms with Crippen molar-refractivity contribution in [2.45, 2.75) is 17.7 Å². The molecule has 1 N–H and O–H groups in total. The van der Waals surface area contributed by atoms with Crippen LogP contribution in [0.3, 0.4) is 0 Å². The van der Waals surface area contributed by atoms with Crippen molar-refractivity contribution in [1.29, 1.82) is 0 Å². The van der Waals surface area contributed by atoms with Crippen LogP contribution < -0.4 is 14.8 Å². The van der Waals surface area contributed by atoms with Gasteiger partial charge in [0.15, 0.2) is 16.4 Å². The first-order valence-electron chi connectivity index (χ1n) is 9.80. The van der Waals surface area contributed by atoms with Gasteiger partial charge in [0, 0.05) is 36.8 Å². The second-order valence-corrected chi connectivity index (χ2v) is 9.16. The molecule has 2 aliphatic heterocycles. The van der Waals surface area contributed by atoms with Gasteiger partial charge in [-0.15, -0.1) is 0 Å². The molecule has 164 valence electrons. The van der Waals surface area contributed by atoms with E-state index in [0.29, 0.717) is 43.2 Å². The lowest BCUT2D eigenvalue weighted by atomic mass is 9.97. The van der Waals surface area contributed by atoms with E-state index >= 15 is 0 Å². The van der Waals surface area contributed by atoms with Crippen LogP contribution in [-0.2, 0) is 14.8 Å². The van der Waals surface area contributed by atoms with E-state index in [0.717, 1.165) is 0 Å². The summed E-state index contributed by atoms with van der Waals surface area (Å²) in [6.07, 6.45) is 0.631. The van der Waals surface area contributed by atoms with E-state index in [9.17, 15) is 23.3 Å². The van der Waals surface area contributed by atoms with Gasteiger partial charge in [0.1, 0.15) is 13.2 Å². The first kappa shape index (κ1) is 21.1. The Morgan fingerprint density at radius 3 is 2.45 bits per heavy atom. The third-order valence-corrected chi connectivity index (χ3v) is 7.26. The maximum atomic E-state index is 12.9. The van der Waals surface area contributed by atoms with Crippen LogP contribution in [0, 0.1) is 16.0 Å². The molecule has 4 rings (SSSR count). The summed E-state index contributed by atoms with van der Waals surface area (Å²) in [4.78, 5) is 22.8. The van der Waals surface area contributed by atoms with Crippen LogP contribution in [0.4, 0.5) is 11.4 Å². The van der Waals surface area contributed by atoms with Crippen molar-refractivity contribution in [3.05, 3.63) is 52.6 Å². The molecule has 0 bridgehead atoms. The topological polar surface area (TPSA) is 128 Å². The monoisotopic (exact) mass is 447 g/mol. The second kappa shape index (κ2) is 8.52. The smallest absolute Gasteiger partial charge is 0.289 e. The first-order valence-corrected chi connectivity index (χ1v) is 11.2. The number of sulfonamides is 1. The number of hydrogen-bond donors (Lipinski definition) is 1. The Morgan fingerprint density at radius 1 is 1.06 bits per heavy atom. The molecule has 0 saturated carbocycles. The van der Waals surface area contributed by atoms with E-state index in [1.165, 1.54) is 28.6 Å². The summed E-state index contributed by atoms with van der Waals surface area (Å²) in [6, 6.07) is 10.4. The van der Waals surface area contributed by atoms with Crippen molar-refractivity contribution in [2.24, 2.45) is 5.92 Å². The fraction of sp³-hybridized carbons (Fsp3) is 0.350. The Bertz CT molecular complexity index is 1110. The number of nitro benzene ring substituents is 1. The van der Waals surface area contributed by atoms with Crippen molar-refractivity contribution < 1.29 is 27.6 Å². The molecule has 2 heterocycles. The van der Waals surface area contributed by atoms with Crippen LogP contribution in [0.1, 0.15) is 12.8 Å². The summed E-state index contributed by atoms with van der Waals surface area (Å²) in [6.45, 7) is 1.13. The molecule has 2 aliphatic rings. The molecule has 11 heteroatoms. The fourth-order valence-corrected chi connectivity index (χ4v) is 5.32. The Morgan fingerprint density at radius 2 is 1.74 bits per heavy atom. The number of nitrogens with one attached hydrogen (secondary N) is 1. The number of amides is 1. The van der Waals surface area contributed by atoms with E-state index in [4.69, 9.17) is 9.47 Å². The lowest BCUT2D eigenvalue weighted by Crippen LogP contribution is -2.41. The van der Waals surface area contributed by atoms with E-state index in [1.54, 1.807) is 18.2 Å². The van der Waals surface area contributed by atoms with Gasteiger partial charge >= 0.3 is 0 Å². The third kappa shape index (κ3) is 4.32. The SMILES string of the molecule is O=C(Nc1ccc2c(c1)OCCO2)C1CCN(S(=O)(=O)c2ccccc2[N+](=O)[O-])CC1. The Kier molecular flexibility index (Phi) is 5.79. The van der Waals surface area contributed by atoms with Gasteiger partial charge in [0.2, 0.25) is 15.9 Å². The minimum absolute atomic E-state index is 0.105. The Balaban J connectivity index is 1.40. The van der Waals surface area contributed by atoms with Crippen molar-refractivity contribution in [3.8, 4) is 11.5 Å².